The van der Waals surface area contributed by atoms with Crippen molar-refractivity contribution in [1.82, 2.24) is 0 Å². The molecule has 0 bridgehead atoms. The summed E-state index contributed by atoms with van der Waals surface area (Å²) in [4.78, 5) is 0. The van der Waals surface area contributed by atoms with Gasteiger partial charge in [-0.05, 0) is 0 Å². The minimum absolute atomic E-state index is 1.22. The van der Waals surface area contributed by atoms with Crippen molar-refractivity contribution in [1.29, 1.82) is 0 Å². The fraction of sp³-hybridized carbons (Fsp3) is 1.00. The summed E-state index contributed by atoms with van der Waals surface area (Å²) in [7, 11) is -9.68. The first-order chi connectivity index (χ1) is 5.55. The monoisotopic (exact) mass is 236 g/mol. The highest BCUT2D eigenvalue weighted by atomic mass is 32.2. The standard InChI is InChI=1S/C3H8O8S2/c4-2(12(6,7)8)1-3(5)13(9,10)11/h2-5H,1H2,(H,6,7,8)(H,9,10,11). The van der Waals surface area contributed by atoms with Gasteiger partial charge >= 0.3 is 0 Å². The van der Waals surface area contributed by atoms with Crippen molar-refractivity contribution >= 4 is 20.2 Å². The molecule has 0 aliphatic carbocycles. The normalized spacial score (nSPS) is 18.2. The highest BCUT2D eigenvalue weighted by Crippen LogP contribution is 2.08. The maximum absolute atomic E-state index is 10.1. The second kappa shape index (κ2) is 3.86. The molecule has 0 fully saturated rings. The highest BCUT2D eigenvalue weighted by Gasteiger charge is 2.29. The van der Waals surface area contributed by atoms with Crippen LogP contribution in [-0.2, 0) is 20.2 Å². The second-order valence-corrected chi connectivity index (χ2v) is 5.32. The first-order valence-electron chi connectivity index (χ1n) is 2.84. The van der Waals surface area contributed by atoms with E-state index in [-0.39, 0.29) is 0 Å². The van der Waals surface area contributed by atoms with Gasteiger partial charge in [0, 0.05) is 6.42 Å². The first kappa shape index (κ1) is 12.7. The van der Waals surface area contributed by atoms with E-state index in [0.717, 1.165) is 0 Å². The van der Waals surface area contributed by atoms with Crippen LogP contribution in [0.3, 0.4) is 0 Å². The summed E-state index contributed by atoms with van der Waals surface area (Å²) in [5.74, 6) is 0. The van der Waals surface area contributed by atoms with Crippen LogP contribution in [0.15, 0.2) is 0 Å². The summed E-state index contributed by atoms with van der Waals surface area (Å²) in [6.45, 7) is 0. The van der Waals surface area contributed by atoms with E-state index in [1.165, 1.54) is 0 Å². The van der Waals surface area contributed by atoms with Gasteiger partial charge in [-0.1, -0.05) is 0 Å². The third kappa shape index (κ3) is 4.50. The predicted molar refractivity (Wildman–Crippen MR) is 39.7 cm³/mol. The van der Waals surface area contributed by atoms with E-state index >= 15 is 0 Å². The average Bonchev–Trinajstić information content (AvgIpc) is 1.82. The molecule has 0 saturated heterocycles. The van der Waals surface area contributed by atoms with Crippen LogP contribution >= 0.6 is 0 Å². The number of hydrogen-bond acceptors (Lipinski definition) is 6. The number of rotatable bonds is 4. The van der Waals surface area contributed by atoms with Crippen molar-refractivity contribution in [2.75, 3.05) is 0 Å². The molecule has 2 unspecified atom stereocenters. The summed E-state index contributed by atoms with van der Waals surface area (Å²) in [6.07, 6.45) is -1.22. The van der Waals surface area contributed by atoms with Gasteiger partial charge in [-0.3, -0.25) is 9.11 Å². The van der Waals surface area contributed by atoms with Gasteiger partial charge in [-0.15, -0.1) is 0 Å². The molecule has 2 atom stereocenters. The van der Waals surface area contributed by atoms with E-state index in [1.54, 1.807) is 0 Å². The van der Waals surface area contributed by atoms with Gasteiger partial charge in [0.2, 0.25) is 0 Å². The Labute approximate surface area is 74.3 Å². The minimum Gasteiger partial charge on any atom is -0.375 e. The summed E-state index contributed by atoms with van der Waals surface area (Å²) in [6, 6.07) is 0. The van der Waals surface area contributed by atoms with Crippen LogP contribution < -0.4 is 0 Å². The molecule has 0 amide bonds. The van der Waals surface area contributed by atoms with Crippen molar-refractivity contribution in [3.63, 3.8) is 0 Å². The lowest BCUT2D eigenvalue weighted by atomic mass is 10.5. The molecule has 0 heterocycles. The van der Waals surface area contributed by atoms with Gasteiger partial charge in [0.25, 0.3) is 20.2 Å². The van der Waals surface area contributed by atoms with Crippen LogP contribution in [0.2, 0.25) is 0 Å². The Morgan fingerprint density at radius 2 is 1.08 bits per heavy atom. The maximum Gasteiger partial charge on any atom is 0.292 e. The average molecular weight is 236 g/mol. The van der Waals surface area contributed by atoms with Gasteiger partial charge in [0.15, 0.2) is 10.9 Å². The van der Waals surface area contributed by atoms with Gasteiger partial charge in [-0.2, -0.15) is 16.8 Å². The number of aliphatic hydroxyl groups excluding tert-OH is 2. The quantitative estimate of drug-likeness (QED) is 0.401. The Hall–Kier alpha value is -0.260. The topological polar surface area (TPSA) is 149 Å². The molecule has 0 aromatic rings. The Morgan fingerprint density at radius 1 is 0.846 bits per heavy atom. The predicted octanol–water partition coefficient (Wildman–Crippen LogP) is -2.21. The van der Waals surface area contributed by atoms with E-state index in [1.807, 2.05) is 0 Å². The van der Waals surface area contributed by atoms with Crippen molar-refractivity contribution in [3.8, 4) is 0 Å². The Balaban J connectivity index is 4.50. The molecule has 0 rings (SSSR count). The molecule has 0 aromatic heterocycles. The summed E-state index contributed by atoms with van der Waals surface area (Å²) in [5, 5.41) is 17.1. The molecule has 0 radical (unpaired) electrons. The molecule has 0 aromatic carbocycles. The summed E-state index contributed by atoms with van der Waals surface area (Å²) in [5.41, 5.74) is -4.91. The van der Waals surface area contributed by atoms with E-state index < -0.39 is 37.5 Å². The van der Waals surface area contributed by atoms with Gasteiger partial charge in [0.05, 0.1) is 0 Å². The fourth-order valence-corrected chi connectivity index (χ4v) is 1.39. The van der Waals surface area contributed by atoms with Crippen LogP contribution in [0, 0.1) is 0 Å². The highest BCUT2D eigenvalue weighted by molar-refractivity contribution is 7.87. The van der Waals surface area contributed by atoms with Crippen molar-refractivity contribution in [3.05, 3.63) is 0 Å². The second-order valence-electron chi connectivity index (χ2n) is 2.17. The maximum atomic E-state index is 10.1. The lowest BCUT2D eigenvalue weighted by Gasteiger charge is -2.10. The lowest BCUT2D eigenvalue weighted by Crippen LogP contribution is -2.30. The third-order valence-electron chi connectivity index (χ3n) is 1.09. The number of hydrogen-bond donors (Lipinski definition) is 4. The molecular weight excluding hydrogens is 228 g/mol. The van der Waals surface area contributed by atoms with Crippen LogP contribution in [0.4, 0.5) is 0 Å². The van der Waals surface area contributed by atoms with Crippen LogP contribution in [-0.4, -0.2) is 47.0 Å². The lowest BCUT2D eigenvalue weighted by molar-refractivity contribution is 0.152. The third-order valence-corrected chi connectivity index (χ3v) is 2.85. The van der Waals surface area contributed by atoms with Gasteiger partial charge < -0.3 is 10.2 Å². The van der Waals surface area contributed by atoms with Crippen LogP contribution in [0.1, 0.15) is 6.42 Å². The summed E-state index contributed by atoms with van der Waals surface area (Å²) >= 11 is 0. The van der Waals surface area contributed by atoms with Crippen molar-refractivity contribution in [2.45, 2.75) is 17.3 Å². The molecule has 0 spiro atoms. The smallest absolute Gasteiger partial charge is 0.292 e. The SMILES string of the molecule is O=S(=O)(O)C(O)CC(O)S(=O)(=O)O. The largest absolute Gasteiger partial charge is 0.375 e. The van der Waals surface area contributed by atoms with Gasteiger partial charge in [0.1, 0.15) is 0 Å². The Morgan fingerprint density at radius 3 is 1.23 bits per heavy atom. The molecule has 4 N–H and O–H groups in total. The van der Waals surface area contributed by atoms with Crippen LogP contribution in [0.5, 0.6) is 0 Å². The zero-order valence-corrected chi connectivity index (χ0v) is 7.73. The van der Waals surface area contributed by atoms with Crippen molar-refractivity contribution in [2.24, 2.45) is 0 Å². The molecule has 13 heavy (non-hydrogen) atoms. The molecule has 80 valence electrons. The first-order valence-corrected chi connectivity index (χ1v) is 5.84. The van der Waals surface area contributed by atoms with E-state index in [9.17, 15) is 16.8 Å². The zero-order valence-electron chi connectivity index (χ0n) is 6.10. The Bertz CT molecular complexity index is 315. The molecule has 0 aliphatic heterocycles. The Kier molecular flexibility index (Phi) is 3.78. The van der Waals surface area contributed by atoms with Crippen LogP contribution in [0.25, 0.3) is 0 Å². The molecule has 8 nitrogen and oxygen atoms in total. The summed E-state index contributed by atoms with van der Waals surface area (Å²) < 4.78 is 56.7. The molecule has 10 heteroatoms. The minimum atomic E-state index is -4.84. The molecular formula is C3H8O8S2. The number of aliphatic hydroxyl groups is 2. The van der Waals surface area contributed by atoms with Crippen molar-refractivity contribution < 1.29 is 36.2 Å². The molecule has 0 saturated carbocycles. The van der Waals surface area contributed by atoms with E-state index in [0.29, 0.717) is 0 Å². The fourth-order valence-electron chi connectivity index (χ4n) is 0.416. The zero-order chi connectivity index (χ0) is 10.9. The van der Waals surface area contributed by atoms with E-state index in [4.69, 9.17) is 19.3 Å². The molecule has 0 aliphatic rings. The van der Waals surface area contributed by atoms with Gasteiger partial charge in [-0.25, -0.2) is 0 Å². The van der Waals surface area contributed by atoms with E-state index in [2.05, 4.69) is 0 Å².